The van der Waals surface area contributed by atoms with E-state index in [1.165, 1.54) is 36.1 Å². The van der Waals surface area contributed by atoms with Crippen molar-refractivity contribution in [2.24, 2.45) is 5.92 Å². The molecule has 0 saturated heterocycles. The first-order valence-electron chi connectivity index (χ1n) is 11.0. The average molecular weight is 455 g/mol. The monoisotopic (exact) mass is 454 g/mol. The zero-order chi connectivity index (χ0) is 24.1. The highest BCUT2D eigenvalue weighted by Crippen LogP contribution is 2.30. The normalized spacial score (nSPS) is 15.9. The van der Waals surface area contributed by atoms with Crippen LogP contribution in [0.4, 0.5) is 0 Å². The Labute approximate surface area is 193 Å². The van der Waals surface area contributed by atoms with Gasteiger partial charge in [0.1, 0.15) is 12.1 Å². The summed E-state index contributed by atoms with van der Waals surface area (Å²) < 4.78 is 16.3. The van der Waals surface area contributed by atoms with Gasteiger partial charge in [-0.1, -0.05) is 32.0 Å². The third-order valence-corrected chi connectivity index (χ3v) is 5.64. The SMILES string of the molecule is COc1ccnc(C(=O)N[C@@H](C)C(=O)OC2CCc3cccc(C)c3C2)c1OC(=O)C(C)C. The molecule has 0 aliphatic heterocycles. The quantitative estimate of drug-likeness (QED) is 0.641. The van der Waals surface area contributed by atoms with Crippen LogP contribution in [0.2, 0.25) is 0 Å². The Morgan fingerprint density at radius 2 is 1.88 bits per heavy atom. The van der Waals surface area contributed by atoms with Gasteiger partial charge in [-0.25, -0.2) is 9.78 Å². The first-order valence-corrected chi connectivity index (χ1v) is 11.0. The van der Waals surface area contributed by atoms with Crippen LogP contribution in [-0.4, -0.2) is 42.1 Å². The number of benzene rings is 1. The number of ether oxygens (including phenoxy) is 3. The number of aromatic nitrogens is 1. The van der Waals surface area contributed by atoms with Crippen LogP contribution in [0.5, 0.6) is 11.5 Å². The number of hydrogen-bond donors (Lipinski definition) is 1. The molecule has 0 saturated carbocycles. The van der Waals surface area contributed by atoms with Gasteiger partial charge >= 0.3 is 11.9 Å². The van der Waals surface area contributed by atoms with Crippen LogP contribution < -0.4 is 14.8 Å². The number of pyridine rings is 1. The lowest BCUT2D eigenvalue weighted by molar-refractivity contribution is -0.151. The highest BCUT2D eigenvalue weighted by Gasteiger charge is 2.28. The van der Waals surface area contributed by atoms with Crippen molar-refractivity contribution >= 4 is 17.8 Å². The van der Waals surface area contributed by atoms with E-state index in [4.69, 9.17) is 14.2 Å². The Morgan fingerprint density at radius 1 is 1.12 bits per heavy atom. The molecule has 8 nitrogen and oxygen atoms in total. The predicted octanol–water partition coefficient (Wildman–Crippen LogP) is 3.18. The molecule has 1 aliphatic carbocycles. The van der Waals surface area contributed by atoms with Gasteiger partial charge in [0.05, 0.1) is 13.0 Å². The van der Waals surface area contributed by atoms with Gasteiger partial charge in [0.15, 0.2) is 11.4 Å². The second-order valence-corrected chi connectivity index (χ2v) is 8.48. The number of nitrogens with one attached hydrogen (secondary N) is 1. The zero-order valence-corrected chi connectivity index (χ0v) is 19.6. The number of rotatable bonds is 7. The van der Waals surface area contributed by atoms with Crippen molar-refractivity contribution in [1.82, 2.24) is 10.3 Å². The number of methoxy groups -OCH3 is 1. The summed E-state index contributed by atoms with van der Waals surface area (Å²) in [7, 11) is 1.40. The van der Waals surface area contributed by atoms with Crippen molar-refractivity contribution in [2.45, 2.75) is 59.1 Å². The second kappa shape index (κ2) is 10.5. The first kappa shape index (κ1) is 24.2. The van der Waals surface area contributed by atoms with E-state index in [0.29, 0.717) is 6.42 Å². The van der Waals surface area contributed by atoms with Crippen LogP contribution in [0.1, 0.15) is 54.4 Å². The highest BCUT2D eigenvalue weighted by molar-refractivity contribution is 5.98. The third-order valence-electron chi connectivity index (χ3n) is 5.64. The number of carbonyl (C=O) groups excluding carboxylic acids is 3. The standard InChI is InChI=1S/C25H30N2O6/c1-14(2)24(29)33-22-20(31-5)11-12-26-21(22)23(28)27-16(4)25(30)32-18-10-9-17-8-6-7-15(3)19(17)13-18/h6-8,11-12,14,16,18H,9-10,13H2,1-5H3,(H,27,28)/t16-,18?/m0/s1. The Kier molecular flexibility index (Phi) is 7.68. The number of hydrogen-bond acceptors (Lipinski definition) is 7. The van der Waals surface area contributed by atoms with Crippen molar-refractivity contribution in [3.63, 3.8) is 0 Å². The fourth-order valence-corrected chi connectivity index (χ4v) is 3.70. The van der Waals surface area contributed by atoms with E-state index < -0.39 is 29.8 Å². The molecule has 33 heavy (non-hydrogen) atoms. The molecule has 1 amide bonds. The van der Waals surface area contributed by atoms with Crippen molar-refractivity contribution in [3.8, 4) is 11.5 Å². The number of amides is 1. The van der Waals surface area contributed by atoms with Gasteiger partial charge in [-0.3, -0.25) is 9.59 Å². The Bertz CT molecular complexity index is 1050. The van der Waals surface area contributed by atoms with Gasteiger partial charge in [0, 0.05) is 18.7 Å². The maximum absolute atomic E-state index is 12.9. The van der Waals surface area contributed by atoms with Crippen LogP contribution >= 0.6 is 0 Å². The van der Waals surface area contributed by atoms with Crippen LogP contribution in [0.25, 0.3) is 0 Å². The van der Waals surface area contributed by atoms with Gasteiger partial charge < -0.3 is 19.5 Å². The topological polar surface area (TPSA) is 104 Å². The molecule has 176 valence electrons. The fraction of sp³-hybridized carbons (Fsp3) is 0.440. The predicted molar refractivity (Wildman–Crippen MR) is 121 cm³/mol. The van der Waals surface area contributed by atoms with E-state index in [9.17, 15) is 14.4 Å². The molecule has 1 unspecified atom stereocenters. The van der Waals surface area contributed by atoms with Crippen LogP contribution in [0.15, 0.2) is 30.5 Å². The highest BCUT2D eigenvalue weighted by atomic mass is 16.6. The summed E-state index contributed by atoms with van der Waals surface area (Å²) in [5, 5.41) is 2.59. The smallest absolute Gasteiger partial charge is 0.328 e. The lowest BCUT2D eigenvalue weighted by atomic mass is 9.87. The van der Waals surface area contributed by atoms with E-state index in [1.807, 2.05) is 6.07 Å². The average Bonchev–Trinajstić information content (AvgIpc) is 2.79. The molecule has 0 radical (unpaired) electrons. The molecule has 0 spiro atoms. The maximum atomic E-state index is 12.9. The van der Waals surface area contributed by atoms with Crippen molar-refractivity contribution in [3.05, 3.63) is 52.8 Å². The molecule has 3 rings (SSSR count). The third kappa shape index (κ3) is 5.69. The molecule has 0 bridgehead atoms. The summed E-state index contributed by atoms with van der Waals surface area (Å²) in [6.45, 7) is 6.95. The number of aryl methyl sites for hydroxylation is 2. The summed E-state index contributed by atoms with van der Waals surface area (Å²) in [4.78, 5) is 41.7. The Morgan fingerprint density at radius 3 is 2.58 bits per heavy atom. The van der Waals surface area contributed by atoms with Crippen LogP contribution in [-0.2, 0) is 27.2 Å². The summed E-state index contributed by atoms with van der Waals surface area (Å²) in [5.74, 6) is -2.05. The lowest BCUT2D eigenvalue weighted by Gasteiger charge is -2.27. The summed E-state index contributed by atoms with van der Waals surface area (Å²) >= 11 is 0. The van der Waals surface area contributed by atoms with E-state index in [-0.39, 0.29) is 23.3 Å². The number of esters is 2. The Balaban J connectivity index is 1.67. The minimum Gasteiger partial charge on any atom is -0.493 e. The minimum absolute atomic E-state index is 0.0869. The summed E-state index contributed by atoms with van der Waals surface area (Å²) in [6, 6.07) is 6.76. The molecule has 0 fully saturated rings. The molecule has 8 heteroatoms. The van der Waals surface area contributed by atoms with E-state index in [1.54, 1.807) is 20.8 Å². The summed E-state index contributed by atoms with van der Waals surface area (Å²) in [6.07, 6.45) is 3.35. The lowest BCUT2D eigenvalue weighted by Crippen LogP contribution is -2.42. The second-order valence-electron chi connectivity index (χ2n) is 8.48. The first-order chi connectivity index (χ1) is 15.7. The van der Waals surface area contributed by atoms with E-state index in [2.05, 4.69) is 29.4 Å². The minimum atomic E-state index is -0.919. The van der Waals surface area contributed by atoms with E-state index >= 15 is 0 Å². The van der Waals surface area contributed by atoms with Gasteiger partial charge in [-0.05, 0) is 43.4 Å². The van der Waals surface area contributed by atoms with Gasteiger partial charge in [-0.2, -0.15) is 0 Å². The molecule has 2 atom stereocenters. The molecule has 1 heterocycles. The molecule has 2 aromatic rings. The van der Waals surface area contributed by atoms with E-state index in [0.717, 1.165) is 12.8 Å². The van der Waals surface area contributed by atoms with Crippen LogP contribution in [0.3, 0.4) is 0 Å². The van der Waals surface area contributed by atoms with Gasteiger partial charge in [0.25, 0.3) is 5.91 Å². The molecular weight excluding hydrogens is 424 g/mol. The zero-order valence-electron chi connectivity index (χ0n) is 19.6. The fourth-order valence-electron chi connectivity index (χ4n) is 3.70. The number of nitrogens with zero attached hydrogens (tertiary/aromatic N) is 1. The van der Waals surface area contributed by atoms with Crippen molar-refractivity contribution < 1.29 is 28.6 Å². The maximum Gasteiger partial charge on any atom is 0.328 e. The largest absolute Gasteiger partial charge is 0.493 e. The Hall–Kier alpha value is -3.42. The molecule has 1 aromatic carbocycles. The van der Waals surface area contributed by atoms with Crippen molar-refractivity contribution in [1.29, 1.82) is 0 Å². The van der Waals surface area contributed by atoms with Crippen molar-refractivity contribution in [2.75, 3.05) is 7.11 Å². The molecular formula is C25H30N2O6. The van der Waals surface area contributed by atoms with Gasteiger partial charge in [-0.15, -0.1) is 0 Å². The molecule has 1 aromatic heterocycles. The summed E-state index contributed by atoms with van der Waals surface area (Å²) in [5.41, 5.74) is 3.54. The number of carbonyl (C=O) groups is 3. The molecule has 1 N–H and O–H groups in total. The van der Waals surface area contributed by atoms with Gasteiger partial charge in [0.2, 0.25) is 5.75 Å². The number of fused-ring (bicyclic) bond motifs is 1. The van der Waals surface area contributed by atoms with Crippen LogP contribution in [0, 0.1) is 12.8 Å². The molecule has 1 aliphatic rings.